The molecule has 15 heavy (non-hydrogen) atoms. The molecule has 2 aromatic heterocycles. The summed E-state index contributed by atoms with van der Waals surface area (Å²) in [6.07, 6.45) is 3.65. The lowest BCUT2D eigenvalue weighted by Gasteiger charge is -1.96. The molecular weight excluding hydrogens is 188 g/mol. The molecule has 0 spiro atoms. The molecule has 2 rings (SSSR count). The van der Waals surface area contributed by atoms with E-state index < -0.39 is 0 Å². The van der Waals surface area contributed by atoms with Crippen LogP contribution in [0.2, 0.25) is 0 Å². The fourth-order valence-corrected chi connectivity index (χ4v) is 1.61. The van der Waals surface area contributed by atoms with Crippen molar-refractivity contribution in [1.29, 1.82) is 0 Å². The molecule has 2 heterocycles. The van der Waals surface area contributed by atoms with Gasteiger partial charge in [0.1, 0.15) is 5.65 Å². The predicted octanol–water partition coefficient (Wildman–Crippen LogP) is 1.55. The van der Waals surface area contributed by atoms with Crippen LogP contribution in [0.3, 0.4) is 0 Å². The summed E-state index contributed by atoms with van der Waals surface area (Å²) in [5.74, 6) is 5.83. The zero-order valence-corrected chi connectivity index (χ0v) is 8.57. The number of nitrogens with zero attached hydrogens (tertiary/aromatic N) is 2. The highest BCUT2D eigenvalue weighted by Gasteiger charge is 2.06. The van der Waals surface area contributed by atoms with Crippen molar-refractivity contribution < 1.29 is 5.11 Å². The number of hydrogen-bond donors (Lipinski definition) is 1. The number of aliphatic hydroxyl groups is 1. The number of fused-ring (bicyclic) bond motifs is 1. The van der Waals surface area contributed by atoms with Gasteiger partial charge in [0.2, 0.25) is 0 Å². The molecule has 3 heteroatoms. The van der Waals surface area contributed by atoms with E-state index in [1.807, 2.05) is 29.8 Å². The van der Waals surface area contributed by atoms with Crippen molar-refractivity contribution in [3.63, 3.8) is 0 Å². The molecule has 3 nitrogen and oxygen atoms in total. The Labute approximate surface area is 88.4 Å². The molecule has 2 aromatic rings. The number of rotatable bonds is 2. The topological polar surface area (TPSA) is 38.0 Å². The largest absolute Gasteiger partial charge is 0.392 e. The Balaban J connectivity index is 2.57. The van der Waals surface area contributed by atoms with Crippen LogP contribution >= 0.6 is 0 Å². The summed E-state index contributed by atoms with van der Waals surface area (Å²) in [5.41, 5.74) is 1.78. The first-order chi connectivity index (χ1) is 7.36. The summed E-state index contributed by atoms with van der Waals surface area (Å²) in [5, 5.41) is 10.2. The predicted molar refractivity (Wildman–Crippen MR) is 59.1 cm³/mol. The van der Waals surface area contributed by atoms with Crippen LogP contribution < -0.4 is 0 Å². The molecule has 0 aliphatic rings. The van der Waals surface area contributed by atoms with Crippen LogP contribution in [0.25, 0.3) is 11.0 Å². The first-order valence-corrected chi connectivity index (χ1v) is 4.80. The van der Waals surface area contributed by atoms with Gasteiger partial charge in [-0.3, -0.25) is 0 Å². The van der Waals surface area contributed by atoms with E-state index in [4.69, 9.17) is 0 Å². The van der Waals surface area contributed by atoms with Gasteiger partial charge in [0.25, 0.3) is 0 Å². The van der Waals surface area contributed by atoms with E-state index in [1.54, 1.807) is 6.20 Å². The molecule has 1 N–H and O–H groups in total. The Morgan fingerprint density at radius 2 is 2.40 bits per heavy atom. The van der Waals surface area contributed by atoms with Gasteiger partial charge in [-0.1, -0.05) is 5.92 Å². The lowest BCUT2D eigenvalue weighted by Crippen LogP contribution is -1.94. The first kappa shape index (κ1) is 9.75. The molecule has 0 amide bonds. The minimum Gasteiger partial charge on any atom is -0.392 e. The summed E-state index contributed by atoms with van der Waals surface area (Å²) >= 11 is 0. The summed E-state index contributed by atoms with van der Waals surface area (Å²) in [6, 6.07) is 3.83. The van der Waals surface area contributed by atoms with E-state index >= 15 is 0 Å². The molecule has 0 radical (unpaired) electrons. The van der Waals surface area contributed by atoms with E-state index in [-0.39, 0.29) is 6.61 Å². The van der Waals surface area contributed by atoms with E-state index in [1.165, 1.54) is 0 Å². The Bertz CT molecular complexity index is 531. The molecule has 0 aliphatic carbocycles. The summed E-state index contributed by atoms with van der Waals surface area (Å²) < 4.78 is 1.96. The second-order valence-corrected chi connectivity index (χ2v) is 3.24. The van der Waals surface area contributed by atoms with Gasteiger partial charge in [0.05, 0.1) is 13.2 Å². The van der Waals surface area contributed by atoms with Crippen LogP contribution in [-0.2, 0) is 13.2 Å². The third-order valence-electron chi connectivity index (χ3n) is 2.31. The molecule has 0 saturated heterocycles. The normalized spacial score (nSPS) is 10.0. The van der Waals surface area contributed by atoms with Crippen molar-refractivity contribution in [3.8, 4) is 11.8 Å². The van der Waals surface area contributed by atoms with Gasteiger partial charge in [-0.05, 0) is 19.1 Å². The molecule has 0 fully saturated rings. The van der Waals surface area contributed by atoms with Crippen molar-refractivity contribution in [2.24, 2.45) is 0 Å². The van der Waals surface area contributed by atoms with Gasteiger partial charge in [0, 0.05) is 23.3 Å². The van der Waals surface area contributed by atoms with Gasteiger partial charge in [0.15, 0.2) is 0 Å². The van der Waals surface area contributed by atoms with E-state index in [2.05, 4.69) is 16.8 Å². The third-order valence-corrected chi connectivity index (χ3v) is 2.31. The molecule has 0 aliphatic heterocycles. The average molecular weight is 200 g/mol. The maximum absolute atomic E-state index is 9.20. The second-order valence-electron chi connectivity index (χ2n) is 3.24. The fourth-order valence-electron chi connectivity index (χ4n) is 1.61. The van der Waals surface area contributed by atoms with Crippen LogP contribution in [-0.4, -0.2) is 14.7 Å². The van der Waals surface area contributed by atoms with E-state index in [0.29, 0.717) is 6.54 Å². The maximum Gasteiger partial charge on any atom is 0.141 e. The van der Waals surface area contributed by atoms with Crippen LogP contribution in [0, 0.1) is 11.8 Å². The lowest BCUT2D eigenvalue weighted by atomic mass is 10.2. The second kappa shape index (κ2) is 4.16. The number of hydrogen-bond acceptors (Lipinski definition) is 2. The standard InChI is InChI=1S/C12H12N2O/c1-2-3-7-14-8-10(9-15)11-5-4-6-13-12(11)14/h4-6,8,15H,7,9H2,1H3. The van der Waals surface area contributed by atoms with Crippen molar-refractivity contribution in [1.82, 2.24) is 9.55 Å². The minimum atomic E-state index is 0.0365. The van der Waals surface area contributed by atoms with Crippen LogP contribution in [0.15, 0.2) is 24.5 Å². The van der Waals surface area contributed by atoms with Crippen molar-refractivity contribution >= 4 is 11.0 Å². The van der Waals surface area contributed by atoms with Gasteiger partial charge in [-0.25, -0.2) is 4.98 Å². The molecular formula is C12H12N2O. The molecule has 0 bridgehead atoms. The van der Waals surface area contributed by atoms with Crippen molar-refractivity contribution in [3.05, 3.63) is 30.1 Å². The zero-order valence-electron chi connectivity index (χ0n) is 8.57. The smallest absolute Gasteiger partial charge is 0.141 e. The first-order valence-electron chi connectivity index (χ1n) is 4.80. The third kappa shape index (κ3) is 1.72. The van der Waals surface area contributed by atoms with Gasteiger partial charge < -0.3 is 9.67 Å². The highest BCUT2D eigenvalue weighted by atomic mass is 16.3. The Kier molecular flexibility index (Phi) is 2.70. The number of aromatic nitrogens is 2. The van der Waals surface area contributed by atoms with E-state index in [9.17, 15) is 5.11 Å². The Morgan fingerprint density at radius 3 is 3.13 bits per heavy atom. The monoisotopic (exact) mass is 200 g/mol. The van der Waals surface area contributed by atoms with Crippen molar-refractivity contribution in [2.45, 2.75) is 20.1 Å². The summed E-state index contributed by atoms with van der Waals surface area (Å²) in [4.78, 5) is 4.29. The SMILES string of the molecule is CC#CCn1cc(CO)c2cccnc21. The Hall–Kier alpha value is -1.79. The lowest BCUT2D eigenvalue weighted by molar-refractivity contribution is 0.283. The average Bonchev–Trinajstić information content (AvgIpc) is 2.65. The van der Waals surface area contributed by atoms with Crippen molar-refractivity contribution in [2.75, 3.05) is 0 Å². The highest BCUT2D eigenvalue weighted by Crippen LogP contribution is 2.18. The van der Waals surface area contributed by atoms with Gasteiger partial charge in [-0.15, -0.1) is 5.92 Å². The van der Waals surface area contributed by atoms with Gasteiger partial charge >= 0.3 is 0 Å². The number of pyridine rings is 1. The Morgan fingerprint density at radius 1 is 1.53 bits per heavy atom. The number of aliphatic hydroxyl groups excluding tert-OH is 1. The fraction of sp³-hybridized carbons (Fsp3) is 0.250. The molecule has 0 atom stereocenters. The summed E-state index contributed by atoms with van der Waals surface area (Å²) in [6.45, 7) is 2.46. The molecule has 0 saturated carbocycles. The highest BCUT2D eigenvalue weighted by molar-refractivity contribution is 5.80. The van der Waals surface area contributed by atoms with Crippen LogP contribution in [0.4, 0.5) is 0 Å². The molecule has 0 aromatic carbocycles. The zero-order chi connectivity index (χ0) is 10.7. The quantitative estimate of drug-likeness (QED) is 0.747. The maximum atomic E-state index is 9.20. The minimum absolute atomic E-state index is 0.0365. The molecule has 76 valence electrons. The van der Waals surface area contributed by atoms with E-state index in [0.717, 1.165) is 16.6 Å². The molecule has 0 unspecified atom stereocenters. The summed E-state index contributed by atoms with van der Waals surface area (Å²) in [7, 11) is 0. The van der Waals surface area contributed by atoms with Gasteiger partial charge in [-0.2, -0.15) is 0 Å². The van der Waals surface area contributed by atoms with Crippen LogP contribution in [0.5, 0.6) is 0 Å². The van der Waals surface area contributed by atoms with Crippen LogP contribution in [0.1, 0.15) is 12.5 Å².